The lowest BCUT2D eigenvalue weighted by Gasteiger charge is -2.39. The number of piperidine rings is 1. The zero-order chi connectivity index (χ0) is 15.6. The standard InChI is InChI=1S/C14H20N4O3/c1-14(2,13(20)21)9-4-3-7-18(8-9)11-6-5-10(12(15)19)16-17-11/h5-6,9H,3-4,7-8H2,1-2H3,(H2,15,19)(H,20,21). The van der Waals surface area contributed by atoms with Gasteiger partial charge in [0.15, 0.2) is 11.5 Å². The molecule has 1 unspecified atom stereocenters. The van der Waals surface area contributed by atoms with Crippen LogP contribution in [0.3, 0.4) is 0 Å². The zero-order valence-electron chi connectivity index (χ0n) is 12.2. The van der Waals surface area contributed by atoms with E-state index in [9.17, 15) is 14.7 Å². The molecule has 3 N–H and O–H groups in total. The zero-order valence-corrected chi connectivity index (χ0v) is 12.2. The van der Waals surface area contributed by atoms with Gasteiger partial charge in [-0.1, -0.05) is 0 Å². The van der Waals surface area contributed by atoms with Crippen molar-refractivity contribution in [2.24, 2.45) is 17.1 Å². The van der Waals surface area contributed by atoms with Gasteiger partial charge in [-0.2, -0.15) is 0 Å². The van der Waals surface area contributed by atoms with Gasteiger partial charge < -0.3 is 15.7 Å². The number of aliphatic carboxylic acids is 1. The Morgan fingerprint density at radius 2 is 2.10 bits per heavy atom. The number of carboxylic acid groups (broad SMARTS) is 1. The number of anilines is 1. The van der Waals surface area contributed by atoms with Crippen LogP contribution in [0, 0.1) is 11.3 Å². The van der Waals surface area contributed by atoms with Crippen molar-refractivity contribution in [3.05, 3.63) is 17.8 Å². The first-order valence-electron chi connectivity index (χ1n) is 6.94. The Balaban J connectivity index is 2.14. The molecule has 114 valence electrons. The van der Waals surface area contributed by atoms with Gasteiger partial charge in [0.1, 0.15) is 0 Å². The van der Waals surface area contributed by atoms with Crippen LogP contribution in [-0.4, -0.2) is 40.3 Å². The number of nitrogens with two attached hydrogens (primary N) is 1. The molecule has 0 aliphatic carbocycles. The molecule has 7 nitrogen and oxygen atoms in total. The average molecular weight is 292 g/mol. The fourth-order valence-electron chi connectivity index (χ4n) is 2.57. The minimum Gasteiger partial charge on any atom is -0.481 e. The number of hydrogen-bond donors (Lipinski definition) is 2. The summed E-state index contributed by atoms with van der Waals surface area (Å²) in [6.07, 6.45) is 1.78. The Bertz CT molecular complexity index is 542. The molecule has 0 aromatic carbocycles. The van der Waals surface area contributed by atoms with Gasteiger partial charge in [0, 0.05) is 13.1 Å². The van der Waals surface area contributed by atoms with Crippen LogP contribution in [0.1, 0.15) is 37.2 Å². The SMILES string of the molecule is CC(C)(C(=O)O)C1CCCN(c2ccc(C(N)=O)nn2)C1. The quantitative estimate of drug-likeness (QED) is 0.853. The number of aromatic nitrogens is 2. The fourth-order valence-corrected chi connectivity index (χ4v) is 2.57. The number of carboxylic acids is 1. The smallest absolute Gasteiger partial charge is 0.309 e. The molecule has 2 heterocycles. The van der Waals surface area contributed by atoms with Crippen LogP contribution in [0.4, 0.5) is 5.82 Å². The summed E-state index contributed by atoms with van der Waals surface area (Å²) < 4.78 is 0. The first-order chi connectivity index (χ1) is 9.82. The number of carbonyl (C=O) groups is 2. The van der Waals surface area contributed by atoms with Gasteiger partial charge >= 0.3 is 5.97 Å². The lowest BCUT2D eigenvalue weighted by atomic mass is 9.74. The van der Waals surface area contributed by atoms with Crippen molar-refractivity contribution < 1.29 is 14.7 Å². The Hall–Kier alpha value is -2.18. The molecule has 1 aliphatic rings. The molecule has 1 saturated heterocycles. The number of amides is 1. The van der Waals surface area contributed by atoms with Crippen LogP contribution in [0.2, 0.25) is 0 Å². The van der Waals surface area contributed by atoms with Crippen LogP contribution in [0.5, 0.6) is 0 Å². The average Bonchev–Trinajstić information content (AvgIpc) is 2.47. The lowest BCUT2D eigenvalue weighted by molar-refractivity contribution is -0.150. The van der Waals surface area contributed by atoms with Crippen LogP contribution in [0.25, 0.3) is 0 Å². The molecule has 2 rings (SSSR count). The molecule has 0 bridgehead atoms. The maximum Gasteiger partial charge on any atom is 0.309 e. The van der Waals surface area contributed by atoms with Gasteiger partial charge in [-0.15, -0.1) is 10.2 Å². The summed E-state index contributed by atoms with van der Waals surface area (Å²) in [6.45, 7) is 4.93. The molecule has 1 fully saturated rings. The monoisotopic (exact) mass is 292 g/mol. The highest BCUT2D eigenvalue weighted by molar-refractivity contribution is 5.90. The van der Waals surface area contributed by atoms with Gasteiger partial charge in [-0.3, -0.25) is 9.59 Å². The van der Waals surface area contributed by atoms with Crippen LogP contribution in [0.15, 0.2) is 12.1 Å². The number of hydrogen-bond acceptors (Lipinski definition) is 5. The van der Waals surface area contributed by atoms with Gasteiger partial charge in [-0.05, 0) is 44.7 Å². The van der Waals surface area contributed by atoms with E-state index in [-0.39, 0.29) is 11.6 Å². The van der Waals surface area contributed by atoms with Crippen LogP contribution in [-0.2, 0) is 4.79 Å². The summed E-state index contributed by atoms with van der Waals surface area (Å²) in [5.74, 6) is -0.714. The predicted molar refractivity (Wildman–Crippen MR) is 76.9 cm³/mol. The van der Waals surface area contributed by atoms with Crippen molar-refractivity contribution in [3.8, 4) is 0 Å². The maximum absolute atomic E-state index is 11.4. The molecule has 1 amide bonds. The second kappa shape index (κ2) is 5.67. The van der Waals surface area contributed by atoms with E-state index < -0.39 is 17.3 Å². The minimum absolute atomic E-state index is 0.0429. The molecule has 1 atom stereocenters. The largest absolute Gasteiger partial charge is 0.481 e. The fraction of sp³-hybridized carbons (Fsp3) is 0.571. The highest BCUT2D eigenvalue weighted by Gasteiger charge is 2.39. The molecular formula is C14H20N4O3. The molecule has 1 aromatic heterocycles. The van der Waals surface area contributed by atoms with E-state index in [1.807, 2.05) is 4.90 Å². The van der Waals surface area contributed by atoms with E-state index in [2.05, 4.69) is 10.2 Å². The van der Waals surface area contributed by atoms with Crippen molar-refractivity contribution in [2.45, 2.75) is 26.7 Å². The van der Waals surface area contributed by atoms with Crippen molar-refractivity contribution in [1.29, 1.82) is 0 Å². The number of rotatable bonds is 4. The summed E-state index contributed by atoms with van der Waals surface area (Å²) in [7, 11) is 0. The molecule has 7 heteroatoms. The lowest BCUT2D eigenvalue weighted by Crippen LogP contribution is -2.45. The third-order valence-corrected chi connectivity index (χ3v) is 4.22. The van der Waals surface area contributed by atoms with Crippen molar-refractivity contribution >= 4 is 17.7 Å². The molecule has 21 heavy (non-hydrogen) atoms. The first kappa shape index (κ1) is 15.2. The summed E-state index contributed by atoms with van der Waals surface area (Å²) in [6, 6.07) is 3.24. The highest BCUT2D eigenvalue weighted by atomic mass is 16.4. The predicted octanol–water partition coefficient (Wildman–Crippen LogP) is 0.903. The second-order valence-electron chi connectivity index (χ2n) is 5.95. The van der Waals surface area contributed by atoms with E-state index in [1.165, 1.54) is 6.07 Å². The normalized spacial score (nSPS) is 19.3. The Morgan fingerprint density at radius 1 is 1.38 bits per heavy atom. The van der Waals surface area contributed by atoms with E-state index >= 15 is 0 Å². The number of nitrogens with zero attached hydrogens (tertiary/aromatic N) is 3. The van der Waals surface area contributed by atoms with Gasteiger partial charge in [0.2, 0.25) is 0 Å². The molecule has 0 spiro atoms. The maximum atomic E-state index is 11.4. The molecule has 1 aliphatic heterocycles. The molecule has 0 saturated carbocycles. The van der Waals surface area contributed by atoms with Gasteiger partial charge in [-0.25, -0.2) is 0 Å². The summed E-state index contributed by atoms with van der Waals surface area (Å²) in [4.78, 5) is 24.4. The van der Waals surface area contributed by atoms with E-state index in [0.717, 1.165) is 19.4 Å². The van der Waals surface area contributed by atoms with E-state index in [0.29, 0.717) is 12.4 Å². The summed E-state index contributed by atoms with van der Waals surface area (Å²) in [5.41, 5.74) is 4.48. The number of carbonyl (C=O) groups excluding carboxylic acids is 1. The topological polar surface area (TPSA) is 109 Å². The number of primary amides is 1. The Labute approximate surface area is 123 Å². The van der Waals surface area contributed by atoms with Crippen molar-refractivity contribution in [3.63, 3.8) is 0 Å². The van der Waals surface area contributed by atoms with E-state index in [1.54, 1.807) is 19.9 Å². The molecule has 0 radical (unpaired) electrons. The molecular weight excluding hydrogens is 272 g/mol. The van der Waals surface area contributed by atoms with Crippen molar-refractivity contribution in [2.75, 3.05) is 18.0 Å². The molecule has 1 aromatic rings. The Kier molecular flexibility index (Phi) is 4.11. The third kappa shape index (κ3) is 3.12. The van der Waals surface area contributed by atoms with Gasteiger partial charge in [0.05, 0.1) is 5.41 Å². The van der Waals surface area contributed by atoms with Crippen LogP contribution >= 0.6 is 0 Å². The Morgan fingerprint density at radius 3 is 2.62 bits per heavy atom. The summed E-state index contributed by atoms with van der Waals surface area (Å²) >= 11 is 0. The third-order valence-electron chi connectivity index (χ3n) is 4.22. The van der Waals surface area contributed by atoms with Gasteiger partial charge in [0.25, 0.3) is 5.91 Å². The highest BCUT2D eigenvalue weighted by Crippen LogP contribution is 2.35. The minimum atomic E-state index is -0.787. The first-order valence-corrected chi connectivity index (χ1v) is 6.94. The van der Waals surface area contributed by atoms with Crippen molar-refractivity contribution in [1.82, 2.24) is 10.2 Å². The summed E-state index contributed by atoms with van der Waals surface area (Å²) in [5, 5.41) is 17.2. The second-order valence-corrected chi connectivity index (χ2v) is 5.95. The van der Waals surface area contributed by atoms with Crippen LogP contribution < -0.4 is 10.6 Å². The van der Waals surface area contributed by atoms with E-state index in [4.69, 9.17) is 5.73 Å².